The van der Waals surface area contributed by atoms with Crippen molar-refractivity contribution in [1.29, 1.82) is 0 Å². The van der Waals surface area contributed by atoms with Crippen LogP contribution < -0.4 is 5.32 Å². The molecule has 0 aliphatic heterocycles. The van der Waals surface area contributed by atoms with Gasteiger partial charge in [0.2, 0.25) is 0 Å². The third kappa shape index (κ3) is 4.00. The molecule has 1 aliphatic carbocycles. The van der Waals surface area contributed by atoms with E-state index in [1.54, 1.807) is 0 Å². The number of nitrogens with one attached hydrogen (secondary N) is 1. The molecule has 0 atom stereocenters. The van der Waals surface area contributed by atoms with Crippen LogP contribution >= 0.6 is 0 Å². The molecule has 19 heavy (non-hydrogen) atoms. The second-order valence-electron chi connectivity index (χ2n) is 5.32. The van der Waals surface area contributed by atoms with Gasteiger partial charge in [-0.15, -0.1) is 0 Å². The molecule has 1 aromatic heterocycles. The van der Waals surface area contributed by atoms with Gasteiger partial charge in [-0.1, -0.05) is 0 Å². The highest BCUT2D eigenvalue weighted by atomic mass is 19.4. The van der Waals surface area contributed by atoms with Gasteiger partial charge in [0, 0.05) is 31.5 Å². The van der Waals surface area contributed by atoms with Crippen molar-refractivity contribution in [3.05, 3.63) is 24.0 Å². The Hall–Kier alpha value is -0.970. The molecule has 2 rings (SSSR count). The quantitative estimate of drug-likeness (QED) is 0.885. The number of aryl methyl sites for hydroxylation is 1. The summed E-state index contributed by atoms with van der Waals surface area (Å²) in [5.41, 5.74) is 1.19. The summed E-state index contributed by atoms with van der Waals surface area (Å²) >= 11 is 0. The fourth-order valence-electron chi connectivity index (χ4n) is 2.68. The third-order valence-corrected chi connectivity index (χ3v) is 3.96. The van der Waals surface area contributed by atoms with Gasteiger partial charge in [0.1, 0.15) is 0 Å². The van der Waals surface area contributed by atoms with Crippen LogP contribution in [-0.2, 0) is 13.1 Å². The molecular formula is C14H21F3N2. The van der Waals surface area contributed by atoms with Gasteiger partial charge in [-0.25, -0.2) is 0 Å². The molecule has 1 aliphatic rings. The van der Waals surface area contributed by atoms with Crippen LogP contribution in [0, 0.1) is 5.92 Å². The average Bonchev–Trinajstić information content (AvgIpc) is 2.84. The van der Waals surface area contributed by atoms with Gasteiger partial charge < -0.3 is 9.88 Å². The van der Waals surface area contributed by atoms with Crippen LogP contribution in [0.25, 0.3) is 0 Å². The fourth-order valence-corrected chi connectivity index (χ4v) is 2.68. The predicted octanol–water partition coefficient (Wildman–Crippen LogP) is 3.72. The lowest BCUT2D eigenvalue weighted by molar-refractivity contribution is -0.182. The van der Waals surface area contributed by atoms with Gasteiger partial charge in [-0.2, -0.15) is 13.2 Å². The van der Waals surface area contributed by atoms with Crippen molar-refractivity contribution in [2.45, 2.75) is 57.9 Å². The van der Waals surface area contributed by atoms with Gasteiger partial charge in [-0.3, -0.25) is 0 Å². The van der Waals surface area contributed by atoms with E-state index in [1.807, 2.05) is 6.20 Å². The van der Waals surface area contributed by atoms with Crippen LogP contribution in [0.5, 0.6) is 0 Å². The minimum Gasteiger partial charge on any atom is -0.354 e. The first-order valence-corrected chi connectivity index (χ1v) is 6.93. The number of halogens is 3. The van der Waals surface area contributed by atoms with Crippen LogP contribution in [-0.4, -0.2) is 16.8 Å². The molecule has 0 aromatic carbocycles. The first kappa shape index (κ1) is 14.4. The maximum Gasteiger partial charge on any atom is 0.391 e. The molecule has 0 saturated heterocycles. The minimum absolute atomic E-state index is 0.226. The Morgan fingerprint density at radius 2 is 1.95 bits per heavy atom. The van der Waals surface area contributed by atoms with Gasteiger partial charge in [0.05, 0.1) is 5.92 Å². The summed E-state index contributed by atoms with van der Waals surface area (Å²) in [6.45, 7) is 3.76. The van der Waals surface area contributed by atoms with Gasteiger partial charge in [-0.05, 0) is 44.2 Å². The number of hydrogen-bond donors (Lipinski definition) is 1. The highest BCUT2D eigenvalue weighted by Crippen LogP contribution is 2.37. The minimum atomic E-state index is -4.01. The molecule has 0 radical (unpaired) electrons. The molecule has 2 nitrogen and oxygen atoms in total. The smallest absolute Gasteiger partial charge is 0.354 e. The Morgan fingerprint density at radius 3 is 2.47 bits per heavy atom. The standard InChI is InChI=1S/C14H21F3N2/c1-2-19-8-7-11(10-19)9-18-13-5-3-12(4-6-13)14(15,16)17/h7-8,10,12-13,18H,2-6,9H2,1H3. The Kier molecular flexibility index (Phi) is 4.55. The number of nitrogens with zero attached hydrogens (tertiary/aromatic N) is 1. The van der Waals surface area contributed by atoms with E-state index < -0.39 is 12.1 Å². The van der Waals surface area contributed by atoms with E-state index in [9.17, 15) is 13.2 Å². The molecule has 1 saturated carbocycles. The molecule has 0 amide bonds. The van der Waals surface area contributed by atoms with Crippen LogP contribution in [0.3, 0.4) is 0 Å². The van der Waals surface area contributed by atoms with E-state index in [0.29, 0.717) is 12.8 Å². The topological polar surface area (TPSA) is 17.0 Å². The molecular weight excluding hydrogens is 253 g/mol. The van der Waals surface area contributed by atoms with Gasteiger partial charge in [0.15, 0.2) is 0 Å². The first-order valence-electron chi connectivity index (χ1n) is 6.93. The van der Waals surface area contributed by atoms with E-state index >= 15 is 0 Å². The van der Waals surface area contributed by atoms with Crippen molar-refractivity contribution in [2.75, 3.05) is 0 Å². The number of rotatable bonds is 4. The van der Waals surface area contributed by atoms with Crippen LogP contribution in [0.15, 0.2) is 18.5 Å². The summed E-state index contributed by atoms with van der Waals surface area (Å²) in [6.07, 6.45) is 1.86. The summed E-state index contributed by atoms with van der Waals surface area (Å²) < 4.78 is 39.7. The van der Waals surface area contributed by atoms with Crippen LogP contribution in [0.2, 0.25) is 0 Å². The van der Waals surface area contributed by atoms with E-state index in [2.05, 4.69) is 29.1 Å². The van der Waals surface area contributed by atoms with Crippen molar-refractivity contribution in [1.82, 2.24) is 9.88 Å². The summed E-state index contributed by atoms with van der Waals surface area (Å²) in [4.78, 5) is 0. The van der Waals surface area contributed by atoms with Gasteiger partial charge >= 0.3 is 6.18 Å². The van der Waals surface area contributed by atoms with E-state index in [0.717, 1.165) is 13.1 Å². The number of hydrogen-bond acceptors (Lipinski definition) is 1. The summed E-state index contributed by atoms with van der Waals surface area (Å²) in [5.74, 6) is -1.09. The lowest BCUT2D eigenvalue weighted by Crippen LogP contribution is -2.36. The lowest BCUT2D eigenvalue weighted by atomic mass is 9.85. The second-order valence-corrected chi connectivity index (χ2v) is 5.32. The summed E-state index contributed by atoms with van der Waals surface area (Å²) in [5, 5.41) is 3.37. The van der Waals surface area contributed by atoms with Crippen molar-refractivity contribution in [3.63, 3.8) is 0 Å². The average molecular weight is 274 g/mol. The van der Waals surface area contributed by atoms with Crippen LogP contribution in [0.4, 0.5) is 13.2 Å². The zero-order chi connectivity index (χ0) is 13.9. The van der Waals surface area contributed by atoms with Crippen molar-refractivity contribution in [3.8, 4) is 0 Å². The van der Waals surface area contributed by atoms with E-state index in [4.69, 9.17) is 0 Å². The monoisotopic (exact) mass is 274 g/mol. The van der Waals surface area contributed by atoms with Crippen LogP contribution in [0.1, 0.15) is 38.2 Å². The molecule has 0 bridgehead atoms. The number of alkyl halides is 3. The molecule has 108 valence electrons. The Morgan fingerprint density at radius 1 is 1.26 bits per heavy atom. The highest BCUT2D eigenvalue weighted by molar-refractivity contribution is 5.10. The second kappa shape index (κ2) is 5.99. The van der Waals surface area contributed by atoms with Crippen molar-refractivity contribution in [2.24, 2.45) is 5.92 Å². The normalized spacial score (nSPS) is 24.6. The molecule has 0 unspecified atom stereocenters. The molecule has 1 heterocycles. The maximum absolute atomic E-state index is 12.5. The first-order chi connectivity index (χ1) is 8.99. The van der Waals surface area contributed by atoms with Gasteiger partial charge in [0.25, 0.3) is 0 Å². The molecule has 1 aromatic rings. The molecule has 1 fully saturated rings. The number of aromatic nitrogens is 1. The SMILES string of the molecule is CCn1ccc(CNC2CCC(C(F)(F)F)CC2)c1. The largest absolute Gasteiger partial charge is 0.391 e. The molecule has 0 spiro atoms. The molecule has 1 N–H and O–H groups in total. The highest BCUT2D eigenvalue weighted by Gasteiger charge is 2.41. The zero-order valence-corrected chi connectivity index (χ0v) is 11.2. The summed E-state index contributed by atoms with van der Waals surface area (Å²) in [7, 11) is 0. The fraction of sp³-hybridized carbons (Fsp3) is 0.714. The van der Waals surface area contributed by atoms with E-state index in [1.165, 1.54) is 5.56 Å². The Balaban J connectivity index is 1.74. The zero-order valence-electron chi connectivity index (χ0n) is 11.2. The third-order valence-electron chi connectivity index (χ3n) is 3.96. The maximum atomic E-state index is 12.5. The predicted molar refractivity (Wildman–Crippen MR) is 68.7 cm³/mol. The van der Waals surface area contributed by atoms with E-state index in [-0.39, 0.29) is 18.9 Å². The van der Waals surface area contributed by atoms with Crippen molar-refractivity contribution < 1.29 is 13.2 Å². The summed E-state index contributed by atoms with van der Waals surface area (Å²) in [6, 6.07) is 2.28. The lowest BCUT2D eigenvalue weighted by Gasteiger charge is -2.30. The van der Waals surface area contributed by atoms with Crippen molar-refractivity contribution >= 4 is 0 Å². The Bertz CT molecular complexity index is 390. The molecule has 5 heteroatoms. The Labute approximate surface area is 112 Å².